The first-order valence-corrected chi connectivity index (χ1v) is 6.23. The van der Waals surface area contributed by atoms with Crippen molar-refractivity contribution >= 4 is 16.5 Å². The molecule has 0 saturated carbocycles. The lowest BCUT2D eigenvalue weighted by Crippen LogP contribution is -2.18. The van der Waals surface area contributed by atoms with Gasteiger partial charge in [0.05, 0.1) is 0 Å². The third-order valence-corrected chi connectivity index (χ3v) is 3.17. The van der Waals surface area contributed by atoms with Gasteiger partial charge < -0.3 is 5.73 Å². The molecule has 1 heterocycles. The largest absolute Gasteiger partial charge is 0.388 e. The average molecular weight is 248 g/mol. The second-order valence-corrected chi connectivity index (χ2v) is 5.03. The van der Waals surface area contributed by atoms with E-state index < -0.39 is 0 Å². The fraction of sp³-hybridized carbons (Fsp3) is 0.333. The van der Waals surface area contributed by atoms with Gasteiger partial charge in [-0.05, 0) is 19.5 Å². The number of nitrogen functional groups attached to an aromatic ring is 1. The molecule has 0 fully saturated rings. The van der Waals surface area contributed by atoms with Crippen LogP contribution < -0.4 is 5.73 Å². The summed E-state index contributed by atoms with van der Waals surface area (Å²) in [6.07, 6.45) is 0. The van der Waals surface area contributed by atoms with E-state index in [9.17, 15) is 0 Å². The van der Waals surface area contributed by atoms with Crippen molar-refractivity contribution in [3.05, 3.63) is 41.1 Å². The van der Waals surface area contributed by atoms with E-state index in [1.807, 2.05) is 0 Å². The van der Waals surface area contributed by atoms with Crippen molar-refractivity contribution in [3.8, 4) is 0 Å². The molecule has 90 valence electrons. The molecule has 1 aromatic carbocycles. The van der Waals surface area contributed by atoms with Gasteiger partial charge in [0.15, 0.2) is 0 Å². The van der Waals surface area contributed by atoms with E-state index in [0.29, 0.717) is 5.00 Å². The topological polar surface area (TPSA) is 55.0 Å². The Morgan fingerprint density at radius 1 is 1.24 bits per heavy atom. The van der Waals surface area contributed by atoms with Crippen LogP contribution in [0, 0.1) is 6.92 Å². The maximum absolute atomic E-state index is 5.77. The molecule has 0 bridgehead atoms. The van der Waals surface area contributed by atoms with Crippen molar-refractivity contribution in [2.45, 2.75) is 20.0 Å². The molecule has 2 rings (SSSR count). The van der Waals surface area contributed by atoms with Gasteiger partial charge in [0.1, 0.15) is 10.7 Å². The van der Waals surface area contributed by atoms with Crippen LogP contribution in [0.4, 0.5) is 5.00 Å². The Labute approximate surface area is 105 Å². The molecule has 0 atom stereocenters. The van der Waals surface area contributed by atoms with Crippen LogP contribution >= 0.6 is 11.5 Å². The smallest absolute Gasteiger partial charge is 0.132 e. The summed E-state index contributed by atoms with van der Waals surface area (Å²) >= 11 is 1.24. The third kappa shape index (κ3) is 3.25. The van der Waals surface area contributed by atoms with Crippen LogP contribution in [-0.4, -0.2) is 21.5 Å². The number of hydrogen-bond donors (Lipinski definition) is 1. The first-order chi connectivity index (χ1) is 8.15. The molecule has 2 N–H and O–H groups in total. The summed E-state index contributed by atoms with van der Waals surface area (Å²) in [6, 6.07) is 8.55. The predicted octanol–water partition coefficient (Wildman–Crippen LogP) is 2.06. The van der Waals surface area contributed by atoms with Crippen LogP contribution in [-0.2, 0) is 13.1 Å². The van der Waals surface area contributed by atoms with Crippen LogP contribution in [0.5, 0.6) is 0 Å². The molecule has 0 saturated heterocycles. The van der Waals surface area contributed by atoms with E-state index in [-0.39, 0.29) is 0 Å². The highest BCUT2D eigenvalue weighted by atomic mass is 32.1. The zero-order valence-electron chi connectivity index (χ0n) is 10.1. The molecule has 17 heavy (non-hydrogen) atoms. The number of nitrogens with zero attached hydrogens (tertiary/aromatic N) is 3. The first-order valence-electron chi connectivity index (χ1n) is 5.46. The second kappa shape index (κ2) is 5.25. The first kappa shape index (κ1) is 12.0. The minimum Gasteiger partial charge on any atom is -0.388 e. The number of aryl methyl sites for hydroxylation is 1. The van der Waals surface area contributed by atoms with Crippen LogP contribution in [0.15, 0.2) is 24.3 Å². The van der Waals surface area contributed by atoms with Gasteiger partial charge in [-0.3, -0.25) is 4.90 Å². The molecular weight excluding hydrogens is 232 g/mol. The maximum atomic E-state index is 5.77. The van der Waals surface area contributed by atoms with Gasteiger partial charge in [0.25, 0.3) is 0 Å². The summed E-state index contributed by atoms with van der Waals surface area (Å²) < 4.78 is 3.83. The van der Waals surface area contributed by atoms with Crippen molar-refractivity contribution in [3.63, 3.8) is 0 Å². The number of benzene rings is 1. The van der Waals surface area contributed by atoms with Crippen molar-refractivity contribution < 1.29 is 0 Å². The van der Waals surface area contributed by atoms with Gasteiger partial charge in [0, 0.05) is 24.6 Å². The van der Waals surface area contributed by atoms with Crippen molar-refractivity contribution in [2.24, 2.45) is 0 Å². The quantitative estimate of drug-likeness (QED) is 0.900. The number of rotatable bonds is 4. The zero-order chi connectivity index (χ0) is 12.3. The predicted molar refractivity (Wildman–Crippen MR) is 70.7 cm³/mol. The number of anilines is 1. The lowest BCUT2D eigenvalue weighted by Gasteiger charge is -2.15. The van der Waals surface area contributed by atoms with Crippen molar-refractivity contribution in [2.75, 3.05) is 12.8 Å². The molecule has 0 unspecified atom stereocenters. The van der Waals surface area contributed by atoms with Crippen LogP contribution in [0.25, 0.3) is 0 Å². The SMILES string of the molecule is Cc1ccc(CN(C)Cc2nnsc2N)cc1. The Bertz CT molecular complexity index is 478. The highest BCUT2D eigenvalue weighted by Crippen LogP contribution is 2.15. The van der Waals surface area contributed by atoms with Gasteiger partial charge in [0.2, 0.25) is 0 Å². The highest BCUT2D eigenvalue weighted by Gasteiger charge is 2.08. The summed E-state index contributed by atoms with van der Waals surface area (Å²) in [5.41, 5.74) is 9.21. The Kier molecular flexibility index (Phi) is 3.71. The lowest BCUT2D eigenvalue weighted by molar-refractivity contribution is 0.315. The Morgan fingerprint density at radius 3 is 2.53 bits per heavy atom. The molecule has 1 aromatic heterocycles. The van der Waals surface area contributed by atoms with Gasteiger partial charge in [-0.2, -0.15) is 0 Å². The molecule has 0 aliphatic heterocycles. The molecule has 5 heteroatoms. The summed E-state index contributed by atoms with van der Waals surface area (Å²) in [6.45, 7) is 3.71. The van der Waals surface area contributed by atoms with Gasteiger partial charge in [-0.25, -0.2) is 0 Å². The van der Waals surface area contributed by atoms with Gasteiger partial charge in [-0.15, -0.1) is 5.10 Å². The molecule has 0 spiro atoms. The summed E-state index contributed by atoms with van der Waals surface area (Å²) in [5, 5.41) is 4.72. The van der Waals surface area contributed by atoms with Crippen molar-refractivity contribution in [1.29, 1.82) is 0 Å². The highest BCUT2D eigenvalue weighted by molar-refractivity contribution is 7.09. The monoisotopic (exact) mass is 248 g/mol. The van der Waals surface area contributed by atoms with E-state index in [1.165, 1.54) is 22.7 Å². The molecule has 0 amide bonds. The zero-order valence-corrected chi connectivity index (χ0v) is 10.9. The molecule has 0 aliphatic carbocycles. The van der Waals surface area contributed by atoms with E-state index in [2.05, 4.69) is 52.7 Å². The van der Waals surface area contributed by atoms with E-state index in [0.717, 1.165) is 18.8 Å². The number of aromatic nitrogens is 2. The molecular formula is C12H16N4S. The Morgan fingerprint density at radius 2 is 1.94 bits per heavy atom. The normalized spacial score (nSPS) is 11.0. The van der Waals surface area contributed by atoms with E-state index >= 15 is 0 Å². The minimum atomic E-state index is 0.709. The Hall–Kier alpha value is -1.46. The maximum Gasteiger partial charge on any atom is 0.132 e. The van der Waals surface area contributed by atoms with E-state index in [1.54, 1.807) is 0 Å². The third-order valence-electron chi connectivity index (χ3n) is 2.58. The molecule has 2 aromatic rings. The lowest BCUT2D eigenvalue weighted by atomic mass is 10.1. The molecule has 4 nitrogen and oxygen atoms in total. The van der Waals surface area contributed by atoms with Gasteiger partial charge >= 0.3 is 0 Å². The summed E-state index contributed by atoms with van der Waals surface area (Å²) in [5.74, 6) is 0. The molecule has 0 aliphatic rings. The minimum absolute atomic E-state index is 0.709. The summed E-state index contributed by atoms with van der Waals surface area (Å²) in [7, 11) is 2.05. The Balaban J connectivity index is 1.95. The van der Waals surface area contributed by atoms with Crippen LogP contribution in [0.2, 0.25) is 0 Å². The molecule has 0 radical (unpaired) electrons. The standard InChI is InChI=1S/C12H16N4S/c1-9-3-5-10(6-4-9)7-16(2)8-11-12(13)17-15-14-11/h3-6H,7-8,13H2,1-2H3. The fourth-order valence-electron chi connectivity index (χ4n) is 1.64. The van der Waals surface area contributed by atoms with Crippen LogP contribution in [0.1, 0.15) is 16.8 Å². The van der Waals surface area contributed by atoms with E-state index in [4.69, 9.17) is 5.73 Å². The van der Waals surface area contributed by atoms with Gasteiger partial charge in [-0.1, -0.05) is 34.3 Å². The number of nitrogens with two attached hydrogens (primary N) is 1. The number of hydrogen-bond acceptors (Lipinski definition) is 5. The van der Waals surface area contributed by atoms with Crippen molar-refractivity contribution in [1.82, 2.24) is 14.5 Å². The average Bonchev–Trinajstić information content (AvgIpc) is 2.68. The van der Waals surface area contributed by atoms with Crippen LogP contribution in [0.3, 0.4) is 0 Å². The second-order valence-electron chi connectivity index (χ2n) is 4.24. The summed E-state index contributed by atoms with van der Waals surface area (Å²) in [4.78, 5) is 2.18. The fourth-order valence-corrected chi connectivity index (χ4v) is 2.08.